The molecule has 1 unspecified atom stereocenters. The van der Waals surface area contributed by atoms with Crippen LogP contribution in [0.5, 0.6) is 0 Å². The molecule has 1 amide bonds. The summed E-state index contributed by atoms with van der Waals surface area (Å²) in [5.41, 5.74) is 1.44. The van der Waals surface area contributed by atoms with E-state index in [9.17, 15) is 4.79 Å². The fourth-order valence-electron chi connectivity index (χ4n) is 2.83. The van der Waals surface area contributed by atoms with Crippen LogP contribution < -0.4 is 10.2 Å². The number of anilines is 1. The van der Waals surface area contributed by atoms with Gasteiger partial charge in [0.1, 0.15) is 5.65 Å². The van der Waals surface area contributed by atoms with Gasteiger partial charge in [0.05, 0.1) is 24.5 Å². The van der Waals surface area contributed by atoms with Crippen LogP contribution in [0.2, 0.25) is 0 Å². The molecule has 1 aliphatic rings. The fourth-order valence-corrected chi connectivity index (χ4v) is 3.39. The Morgan fingerprint density at radius 1 is 1.52 bits per heavy atom. The molecule has 2 N–H and O–H groups in total. The molecule has 1 saturated heterocycles. The second-order valence-electron chi connectivity index (χ2n) is 5.90. The predicted molar refractivity (Wildman–Crippen MR) is 95.0 cm³/mol. The molecular formula is C16H18N6O2S. The van der Waals surface area contributed by atoms with E-state index in [1.54, 1.807) is 6.20 Å². The number of nitrogens with zero attached hydrogens (tertiary/aromatic N) is 4. The standard InChI is InChI=1S/C16H18N6O2S/c1-10-13(8-20-25-10)15(23)18-7-12-9-22(4-5-24-12)16-19-6-11-2-3-17-14(11)21-16/h2-3,6,8,12H,4-5,7,9H2,1H3,(H,18,23)(H,17,19,21). The third-order valence-electron chi connectivity index (χ3n) is 4.19. The van der Waals surface area contributed by atoms with Gasteiger partial charge in [0, 0.05) is 42.3 Å². The number of nitrogens with one attached hydrogen (secondary N) is 2. The molecular weight excluding hydrogens is 340 g/mol. The molecule has 25 heavy (non-hydrogen) atoms. The highest BCUT2D eigenvalue weighted by molar-refractivity contribution is 7.06. The van der Waals surface area contributed by atoms with Crippen LogP contribution in [0.4, 0.5) is 5.95 Å². The van der Waals surface area contributed by atoms with Crippen molar-refractivity contribution in [3.8, 4) is 0 Å². The minimum Gasteiger partial charge on any atom is -0.373 e. The Morgan fingerprint density at radius 3 is 3.28 bits per heavy atom. The summed E-state index contributed by atoms with van der Waals surface area (Å²) < 4.78 is 9.80. The second kappa shape index (κ2) is 6.77. The lowest BCUT2D eigenvalue weighted by molar-refractivity contribution is 0.0392. The molecule has 0 radical (unpaired) electrons. The number of aromatic nitrogens is 4. The van der Waals surface area contributed by atoms with E-state index in [-0.39, 0.29) is 12.0 Å². The number of rotatable bonds is 4. The molecule has 0 bridgehead atoms. The van der Waals surface area contributed by atoms with Crippen LogP contribution in [0, 0.1) is 6.92 Å². The van der Waals surface area contributed by atoms with Crippen molar-refractivity contribution in [2.45, 2.75) is 13.0 Å². The van der Waals surface area contributed by atoms with Gasteiger partial charge in [-0.3, -0.25) is 4.79 Å². The smallest absolute Gasteiger partial charge is 0.254 e. The van der Waals surface area contributed by atoms with Crippen LogP contribution in [0.3, 0.4) is 0 Å². The van der Waals surface area contributed by atoms with Crippen LogP contribution in [-0.2, 0) is 4.74 Å². The van der Waals surface area contributed by atoms with E-state index in [4.69, 9.17) is 4.74 Å². The highest BCUT2D eigenvalue weighted by Gasteiger charge is 2.23. The Labute approximate surface area is 148 Å². The van der Waals surface area contributed by atoms with Crippen molar-refractivity contribution in [3.63, 3.8) is 0 Å². The molecule has 1 aliphatic heterocycles. The quantitative estimate of drug-likeness (QED) is 0.731. The number of H-pyrrole nitrogens is 1. The van der Waals surface area contributed by atoms with E-state index in [1.165, 1.54) is 11.5 Å². The predicted octanol–water partition coefficient (Wildman–Crippen LogP) is 1.36. The van der Waals surface area contributed by atoms with E-state index in [1.807, 2.05) is 25.4 Å². The van der Waals surface area contributed by atoms with Crippen molar-refractivity contribution in [2.24, 2.45) is 0 Å². The van der Waals surface area contributed by atoms with Crippen LogP contribution in [0.15, 0.2) is 24.7 Å². The first-order valence-corrected chi connectivity index (χ1v) is 8.84. The number of aromatic amines is 1. The zero-order valence-corrected chi connectivity index (χ0v) is 14.5. The number of hydrogen-bond donors (Lipinski definition) is 2. The summed E-state index contributed by atoms with van der Waals surface area (Å²) in [6.45, 7) is 4.26. The van der Waals surface area contributed by atoms with Gasteiger partial charge in [0.2, 0.25) is 5.95 Å². The van der Waals surface area contributed by atoms with Gasteiger partial charge in [-0.15, -0.1) is 0 Å². The Hall–Kier alpha value is -2.52. The number of fused-ring (bicyclic) bond motifs is 1. The highest BCUT2D eigenvalue weighted by atomic mass is 32.1. The minimum absolute atomic E-state index is 0.104. The lowest BCUT2D eigenvalue weighted by atomic mass is 10.2. The fraction of sp³-hybridized carbons (Fsp3) is 0.375. The van der Waals surface area contributed by atoms with Crippen molar-refractivity contribution in [1.29, 1.82) is 0 Å². The molecule has 1 atom stereocenters. The van der Waals surface area contributed by atoms with Gasteiger partial charge >= 0.3 is 0 Å². The van der Waals surface area contributed by atoms with Crippen molar-refractivity contribution in [1.82, 2.24) is 24.6 Å². The molecule has 9 heteroatoms. The average molecular weight is 358 g/mol. The Bertz CT molecular complexity index is 892. The Kier molecular flexibility index (Phi) is 4.33. The molecule has 0 saturated carbocycles. The Balaban J connectivity index is 1.39. The summed E-state index contributed by atoms with van der Waals surface area (Å²) in [7, 11) is 0. The van der Waals surface area contributed by atoms with Crippen LogP contribution >= 0.6 is 11.5 Å². The summed E-state index contributed by atoms with van der Waals surface area (Å²) in [5, 5.41) is 3.91. The summed E-state index contributed by atoms with van der Waals surface area (Å²) in [4.78, 5) is 27.3. The minimum atomic E-state index is -0.115. The van der Waals surface area contributed by atoms with Gasteiger partial charge in [-0.2, -0.15) is 4.98 Å². The van der Waals surface area contributed by atoms with Crippen LogP contribution in [0.1, 0.15) is 15.2 Å². The van der Waals surface area contributed by atoms with E-state index in [0.717, 1.165) is 22.5 Å². The van der Waals surface area contributed by atoms with Gasteiger partial charge in [0.15, 0.2) is 0 Å². The summed E-state index contributed by atoms with van der Waals surface area (Å²) in [6, 6.07) is 1.94. The maximum Gasteiger partial charge on any atom is 0.254 e. The number of hydrogen-bond acceptors (Lipinski definition) is 7. The molecule has 0 aromatic carbocycles. The van der Waals surface area contributed by atoms with Crippen molar-refractivity contribution < 1.29 is 9.53 Å². The molecule has 1 fully saturated rings. The topological polar surface area (TPSA) is 96.0 Å². The third kappa shape index (κ3) is 3.33. The van der Waals surface area contributed by atoms with Gasteiger partial charge in [-0.1, -0.05) is 0 Å². The normalized spacial score (nSPS) is 17.8. The van der Waals surface area contributed by atoms with E-state index < -0.39 is 0 Å². The number of carbonyl (C=O) groups excluding carboxylic acids is 1. The van der Waals surface area contributed by atoms with E-state index in [0.29, 0.717) is 31.2 Å². The largest absolute Gasteiger partial charge is 0.373 e. The summed E-state index contributed by atoms with van der Waals surface area (Å²) in [6.07, 6.45) is 5.16. The molecule has 4 heterocycles. The maximum absolute atomic E-state index is 12.2. The third-order valence-corrected chi connectivity index (χ3v) is 4.90. The number of aryl methyl sites for hydroxylation is 1. The first-order valence-electron chi connectivity index (χ1n) is 8.07. The SMILES string of the molecule is Cc1sncc1C(=O)NCC1CN(c2ncc3cc[nH]c3n2)CCO1. The first kappa shape index (κ1) is 16.0. The van der Waals surface area contributed by atoms with Gasteiger partial charge in [0.25, 0.3) is 5.91 Å². The second-order valence-corrected chi connectivity index (χ2v) is 6.90. The first-order chi connectivity index (χ1) is 12.2. The van der Waals surface area contributed by atoms with Crippen LogP contribution in [-0.4, -0.2) is 57.6 Å². The lowest BCUT2D eigenvalue weighted by Gasteiger charge is -2.33. The lowest BCUT2D eigenvalue weighted by Crippen LogP contribution is -2.48. The molecule has 3 aromatic rings. The Morgan fingerprint density at radius 2 is 2.44 bits per heavy atom. The molecule has 4 rings (SSSR count). The monoisotopic (exact) mass is 358 g/mol. The number of carbonyl (C=O) groups is 1. The molecule has 8 nitrogen and oxygen atoms in total. The molecule has 130 valence electrons. The van der Waals surface area contributed by atoms with Gasteiger partial charge < -0.3 is 19.9 Å². The summed E-state index contributed by atoms with van der Waals surface area (Å²) in [5.74, 6) is 0.559. The van der Waals surface area contributed by atoms with Crippen LogP contribution in [0.25, 0.3) is 11.0 Å². The zero-order chi connectivity index (χ0) is 17.2. The molecule has 3 aromatic heterocycles. The van der Waals surface area contributed by atoms with Gasteiger partial charge in [-0.05, 0) is 24.5 Å². The van der Waals surface area contributed by atoms with E-state index >= 15 is 0 Å². The maximum atomic E-state index is 12.2. The molecule has 0 aliphatic carbocycles. The summed E-state index contributed by atoms with van der Waals surface area (Å²) >= 11 is 1.32. The number of morpholine rings is 1. The van der Waals surface area contributed by atoms with Crippen molar-refractivity contribution in [2.75, 3.05) is 31.1 Å². The number of amides is 1. The van der Waals surface area contributed by atoms with Crippen molar-refractivity contribution in [3.05, 3.63) is 35.1 Å². The average Bonchev–Trinajstić information content (AvgIpc) is 3.28. The highest BCUT2D eigenvalue weighted by Crippen LogP contribution is 2.17. The zero-order valence-electron chi connectivity index (χ0n) is 13.7. The van der Waals surface area contributed by atoms with Gasteiger partial charge in [-0.25, -0.2) is 9.36 Å². The van der Waals surface area contributed by atoms with E-state index in [2.05, 4.69) is 29.5 Å². The molecule has 0 spiro atoms. The van der Waals surface area contributed by atoms with Crippen molar-refractivity contribution >= 4 is 34.4 Å². The number of ether oxygens (including phenoxy) is 1.